The van der Waals surface area contributed by atoms with E-state index in [1.165, 1.54) is 0 Å². The molecule has 32 heavy (non-hydrogen) atoms. The third-order valence-electron chi connectivity index (χ3n) is 4.93. The zero-order valence-electron chi connectivity index (χ0n) is 17.9. The minimum atomic E-state index is -3.36. The minimum absolute atomic E-state index is 0.0855. The number of aryl methyl sites for hydroxylation is 2. The van der Waals surface area contributed by atoms with Crippen molar-refractivity contribution in [1.82, 2.24) is 5.32 Å². The molecule has 3 aromatic rings. The normalized spacial score (nSPS) is 11.0. The average molecular weight is 467 g/mol. The predicted octanol–water partition coefficient (Wildman–Crippen LogP) is 4.46. The van der Waals surface area contributed by atoms with Gasteiger partial charge in [-0.15, -0.1) is 0 Å². The number of nitrogens with one attached hydrogen (secondary N) is 2. The zero-order chi connectivity index (χ0) is 23.0. The first kappa shape index (κ1) is 23.6. The number of rotatable bonds is 8. The highest BCUT2D eigenvalue weighted by molar-refractivity contribution is 7.91. The van der Waals surface area contributed by atoms with Gasteiger partial charge >= 0.3 is 0 Å². The molecular weight excluding hydrogens is 440 g/mol. The molecule has 0 aromatic heterocycles. The summed E-state index contributed by atoms with van der Waals surface area (Å²) in [6.45, 7) is 1.99. The smallest absolute Gasteiger partial charge is 0.230 e. The van der Waals surface area contributed by atoms with Gasteiger partial charge in [-0.1, -0.05) is 60.2 Å². The van der Waals surface area contributed by atoms with Crippen LogP contribution in [0.3, 0.4) is 0 Å². The van der Waals surface area contributed by atoms with Gasteiger partial charge in [-0.05, 0) is 67.4 Å². The van der Waals surface area contributed by atoms with Crippen molar-refractivity contribution in [1.29, 1.82) is 0 Å². The Kier molecular flexibility index (Phi) is 8.14. The number of sulfone groups is 1. The van der Waals surface area contributed by atoms with E-state index in [0.717, 1.165) is 23.1 Å². The van der Waals surface area contributed by atoms with Crippen LogP contribution in [0.25, 0.3) is 0 Å². The molecule has 0 bridgehead atoms. The van der Waals surface area contributed by atoms with E-state index in [9.17, 15) is 13.2 Å². The van der Waals surface area contributed by atoms with Crippen LogP contribution in [0, 0.1) is 6.92 Å². The number of hydrogen-bond donors (Lipinski definition) is 2. The van der Waals surface area contributed by atoms with E-state index in [2.05, 4.69) is 10.6 Å². The third-order valence-corrected chi connectivity index (χ3v) is 6.95. The number of thiocarbonyl (C=S) groups is 1. The summed E-state index contributed by atoms with van der Waals surface area (Å²) in [6, 6.07) is 23.9. The van der Waals surface area contributed by atoms with E-state index in [1.54, 1.807) is 24.3 Å². The maximum Gasteiger partial charge on any atom is 0.230 e. The van der Waals surface area contributed by atoms with Crippen molar-refractivity contribution < 1.29 is 13.2 Å². The van der Waals surface area contributed by atoms with Gasteiger partial charge < -0.3 is 10.6 Å². The molecule has 0 saturated carbocycles. The van der Waals surface area contributed by atoms with Crippen LogP contribution < -0.4 is 10.6 Å². The lowest BCUT2D eigenvalue weighted by atomic mass is 10.1. The number of benzene rings is 3. The monoisotopic (exact) mass is 466 g/mol. The van der Waals surface area contributed by atoms with E-state index in [-0.39, 0.29) is 28.1 Å². The van der Waals surface area contributed by atoms with Gasteiger partial charge in [-0.3, -0.25) is 4.79 Å². The lowest BCUT2D eigenvalue weighted by Gasteiger charge is -2.11. The Hall–Kier alpha value is -3.03. The molecule has 7 heteroatoms. The van der Waals surface area contributed by atoms with Gasteiger partial charge in [-0.25, -0.2) is 8.42 Å². The topological polar surface area (TPSA) is 75.3 Å². The number of carbonyl (C=O) groups excluding carboxylic acids is 1. The summed E-state index contributed by atoms with van der Waals surface area (Å²) in [6.07, 6.45) is 1.50. The standard InChI is InChI=1S/C25H26N2O3S2/c1-19-9-11-21(12-10-19)18-24(28)27-25(31)26-22-13-15-23(16-14-22)32(29,30)17-5-8-20-6-3-2-4-7-20/h2-4,6-7,9-16H,5,8,17-18H2,1H3,(H2,26,27,28,31). The van der Waals surface area contributed by atoms with Crippen molar-refractivity contribution in [2.24, 2.45) is 0 Å². The number of amides is 1. The van der Waals surface area contributed by atoms with Crippen LogP contribution >= 0.6 is 12.2 Å². The maximum atomic E-state index is 12.6. The van der Waals surface area contributed by atoms with Gasteiger partial charge in [0.1, 0.15) is 0 Å². The number of carbonyl (C=O) groups is 1. The van der Waals surface area contributed by atoms with Gasteiger partial charge in [0.15, 0.2) is 14.9 Å². The molecule has 2 N–H and O–H groups in total. The fraction of sp³-hybridized carbons (Fsp3) is 0.200. The summed E-state index contributed by atoms with van der Waals surface area (Å²) in [5.74, 6) is -0.133. The summed E-state index contributed by atoms with van der Waals surface area (Å²) < 4.78 is 25.2. The van der Waals surface area contributed by atoms with Gasteiger partial charge in [0.2, 0.25) is 5.91 Å². The lowest BCUT2D eigenvalue weighted by Crippen LogP contribution is -2.35. The Morgan fingerprint density at radius 2 is 1.53 bits per heavy atom. The van der Waals surface area contributed by atoms with E-state index in [0.29, 0.717) is 12.1 Å². The molecule has 0 spiro atoms. The van der Waals surface area contributed by atoms with Crippen molar-refractivity contribution in [3.8, 4) is 0 Å². The molecule has 3 rings (SSSR count). The minimum Gasteiger partial charge on any atom is -0.332 e. The van der Waals surface area contributed by atoms with Gasteiger partial charge in [0.05, 0.1) is 17.1 Å². The molecular formula is C25H26N2O3S2. The van der Waals surface area contributed by atoms with E-state index in [1.807, 2.05) is 61.5 Å². The quantitative estimate of drug-likeness (QED) is 0.480. The van der Waals surface area contributed by atoms with Crippen molar-refractivity contribution in [3.05, 3.63) is 95.6 Å². The number of anilines is 1. The van der Waals surface area contributed by atoms with Crippen LogP contribution in [0.4, 0.5) is 5.69 Å². The fourth-order valence-corrected chi connectivity index (χ4v) is 4.74. The first-order valence-corrected chi connectivity index (χ1v) is 12.4. The third kappa shape index (κ3) is 7.28. The summed E-state index contributed by atoms with van der Waals surface area (Å²) in [4.78, 5) is 12.4. The van der Waals surface area contributed by atoms with Crippen LogP contribution in [-0.4, -0.2) is 25.2 Å². The summed E-state index contributed by atoms with van der Waals surface area (Å²) in [5.41, 5.74) is 3.76. The Morgan fingerprint density at radius 1 is 0.875 bits per heavy atom. The first-order valence-electron chi connectivity index (χ1n) is 10.3. The van der Waals surface area contributed by atoms with Crippen LogP contribution in [-0.2, 0) is 27.5 Å². The molecule has 0 radical (unpaired) electrons. The van der Waals surface area contributed by atoms with Gasteiger partial charge in [0.25, 0.3) is 0 Å². The van der Waals surface area contributed by atoms with Crippen LogP contribution in [0.2, 0.25) is 0 Å². The molecule has 0 aliphatic heterocycles. The second-order valence-corrected chi connectivity index (χ2v) is 10.1. The zero-order valence-corrected chi connectivity index (χ0v) is 19.5. The Morgan fingerprint density at radius 3 is 2.19 bits per heavy atom. The largest absolute Gasteiger partial charge is 0.332 e. The van der Waals surface area contributed by atoms with Crippen molar-refractivity contribution in [2.75, 3.05) is 11.1 Å². The molecule has 166 valence electrons. The summed E-state index contributed by atoms with van der Waals surface area (Å²) in [5, 5.41) is 5.73. The van der Waals surface area contributed by atoms with Crippen LogP contribution in [0.15, 0.2) is 83.8 Å². The van der Waals surface area contributed by atoms with Gasteiger partial charge in [-0.2, -0.15) is 0 Å². The molecule has 0 aliphatic carbocycles. The lowest BCUT2D eigenvalue weighted by molar-refractivity contribution is -0.119. The molecule has 0 fully saturated rings. The summed E-state index contributed by atoms with van der Waals surface area (Å²) in [7, 11) is -3.36. The fourth-order valence-electron chi connectivity index (χ4n) is 3.20. The van der Waals surface area contributed by atoms with E-state index < -0.39 is 9.84 Å². The SMILES string of the molecule is Cc1ccc(CC(=O)NC(=S)Nc2ccc(S(=O)(=O)CCCc3ccccc3)cc2)cc1. The highest BCUT2D eigenvalue weighted by Crippen LogP contribution is 2.17. The molecule has 3 aromatic carbocycles. The molecule has 0 aliphatic rings. The van der Waals surface area contributed by atoms with Crippen LogP contribution in [0.5, 0.6) is 0 Å². The molecule has 0 saturated heterocycles. The van der Waals surface area contributed by atoms with Gasteiger partial charge in [0, 0.05) is 5.69 Å². The predicted molar refractivity (Wildman–Crippen MR) is 133 cm³/mol. The number of hydrogen-bond acceptors (Lipinski definition) is 4. The molecule has 0 atom stereocenters. The maximum absolute atomic E-state index is 12.6. The average Bonchev–Trinajstić information content (AvgIpc) is 2.76. The van der Waals surface area contributed by atoms with Crippen molar-refractivity contribution in [3.63, 3.8) is 0 Å². The highest BCUT2D eigenvalue weighted by atomic mass is 32.2. The van der Waals surface area contributed by atoms with E-state index in [4.69, 9.17) is 12.2 Å². The van der Waals surface area contributed by atoms with Crippen molar-refractivity contribution in [2.45, 2.75) is 31.1 Å². The van der Waals surface area contributed by atoms with E-state index >= 15 is 0 Å². The Labute approximate surface area is 194 Å². The first-order chi connectivity index (χ1) is 15.3. The molecule has 0 heterocycles. The Balaban J connectivity index is 1.49. The molecule has 1 amide bonds. The second-order valence-electron chi connectivity index (χ2n) is 7.60. The second kappa shape index (κ2) is 11.0. The van der Waals surface area contributed by atoms with Crippen molar-refractivity contribution >= 4 is 38.8 Å². The Bertz CT molecular complexity index is 1160. The summed E-state index contributed by atoms with van der Waals surface area (Å²) >= 11 is 5.20. The molecule has 5 nitrogen and oxygen atoms in total. The van der Waals surface area contributed by atoms with Crippen LogP contribution in [0.1, 0.15) is 23.1 Å². The molecule has 0 unspecified atom stereocenters. The highest BCUT2D eigenvalue weighted by Gasteiger charge is 2.14.